The van der Waals surface area contributed by atoms with Gasteiger partial charge in [0.25, 0.3) is 0 Å². The predicted octanol–water partition coefficient (Wildman–Crippen LogP) is 3.61. The predicted molar refractivity (Wildman–Crippen MR) is 88.5 cm³/mol. The van der Waals surface area contributed by atoms with Crippen molar-refractivity contribution in [3.8, 4) is 0 Å². The third kappa shape index (κ3) is 3.73. The second-order valence-corrected chi connectivity index (χ2v) is 6.61. The number of hydrogen-bond donors (Lipinski definition) is 1. The lowest BCUT2D eigenvalue weighted by atomic mass is 9.81. The molecule has 1 heterocycles. The molecule has 0 bridgehead atoms. The van der Waals surface area contributed by atoms with Crippen LogP contribution >= 0.6 is 0 Å². The number of aryl methyl sites for hydroxylation is 1. The molecular formula is C18H27N3. The minimum Gasteiger partial charge on any atom is -0.338 e. The molecule has 1 unspecified atom stereocenters. The van der Waals surface area contributed by atoms with Gasteiger partial charge in [-0.2, -0.15) is 0 Å². The molecule has 0 aliphatic rings. The summed E-state index contributed by atoms with van der Waals surface area (Å²) in [4.78, 5) is 4.48. The number of imidazole rings is 1. The van der Waals surface area contributed by atoms with Crippen molar-refractivity contribution in [3.63, 3.8) is 0 Å². The molecule has 1 aromatic heterocycles. The molecule has 2 aromatic rings. The molecule has 0 aliphatic carbocycles. The highest BCUT2D eigenvalue weighted by Gasteiger charge is 2.23. The topological polar surface area (TPSA) is 29.9 Å². The average Bonchev–Trinajstić information content (AvgIpc) is 2.83. The second-order valence-electron chi connectivity index (χ2n) is 6.61. The van der Waals surface area contributed by atoms with Crippen molar-refractivity contribution in [1.29, 1.82) is 0 Å². The van der Waals surface area contributed by atoms with E-state index in [9.17, 15) is 0 Å². The van der Waals surface area contributed by atoms with Crippen LogP contribution in [-0.4, -0.2) is 16.1 Å². The van der Waals surface area contributed by atoms with Crippen LogP contribution < -0.4 is 5.32 Å². The first-order valence-electron chi connectivity index (χ1n) is 7.72. The summed E-state index contributed by atoms with van der Waals surface area (Å²) in [5.74, 6) is 1.12. The first kappa shape index (κ1) is 15.8. The van der Waals surface area contributed by atoms with Gasteiger partial charge in [0.2, 0.25) is 0 Å². The van der Waals surface area contributed by atoms with Gasteiger partial charge in [0.15, 0.2) is 0 Å². The molecule has 2 rings (SSSR count). The van der Waals surface area contributed by atoms with Crippen LogP contribution in [-0.2, 0) is 18.9 Å². The third-order valence-corrected chi connectivity index (χ3v) is 3.90. The maximum absolute atomic E-state index is 4.48. The maximum atomic E-state index is 4.48. The Morgan fingerprint density at radius 3 is 2.52 bits per heavy atom. The van der Waals surface area contributed by atoms with Gasteiger partial charge in [-0.25, -0.2) is 4.98 Å². The molecule has 0 fully saturated rings. The van der Waals surface area contributed by atoms with E-state index >= 15 is 0 Å². The number of nitrogens with one attached hydrogen (secondary N) is 1. The Labute approximate surface area is 128 Å². The zero-order chi connectivity index (χ0) is 15.5. The van der Waals surface area contributed by atoms with Crippen molar-refractivity contribution in [1.82, 2.24) is 14.9 Å². The van der Waals surface area contributed by atoms with E-state index < -0.39 is 0 Å². The standard InChI is InChI=1S/C18H27N3/c1-6-19-16(13-17-20-11-12-21(17)5)14-9-7-8-10-15(14)18(2,3)4/h7-12,16,19H,6,13H2,1-5H3. The summed E-state index contributed by atoms with van der Waals surface area (Å²) in [6.07, 6.45) is 4.78. The lowest BCUT2D eigenvalue weighted by Crippen LogP contribution is -2.27. The van der Waals surface area contributed by atoms with E-state index in [1.807, 2.05) is 12.4 Å². The number of aromatic nitrogens is 2. The Hall–Kier alpha value is -1.61. The fourth-order valence-corrected chi connectivity index (χ4v) is 2.80. The zero-order valence-electron chi connectivity index (χ0n) is 13.9. The molecule has 3 nitrogen and oxygen atoms in total. The second kappa shape index (κ2) is 6.44. The van der Waals surface area contributed by atoms with Crippen LogP contribution in [0.2, 0.25) is 0 Å². The van der Waals surface area contributed by atoms with Gasteiger partial charge >= 0.3 is 0 Å². The molecule has 3 heteroatoms. The van der Waals surface area contributed by atoms with Crippen molar-refractivity contribution in [2.45, 2.75) is 45.6 Å². The van der Waals surface area contributed by atoms with E-state index in [0.717, 1.165) is 18.8 Å². The minimum absolute atomic E-state index is 0.145. The van der Waals surface area contributed by atoms with Gasteiger partial charge in [0.05, 0.1) is 0 Å². The normalized spacial score (nSPS) is 13.4. The fourth-order valence-electron chi connectivity index (χ4n) is 2.80. The number of nitrogens with zero attached hydrogens (tertiary/aromatic N) is 2. The Bertz CT molecular complexity index is 578. The monoisotopic (exact) mass is 285 g/mol. The first-order valence-corrected chi connectivity index (χ1v) is 7.72. The van der Waals surface area contributed by atoms with Crippen molar-refractivity contribution >= 4 is 0 Å². The molecule has 21 heavy (non-hydrogen) atoms. The van der Waals surface area contributed by atoms with Gasteiger partial charge in [-0.15, -0.1) is 0 Å². The van der Waals surface area contributed by atoms with Crippen LogP contribution in [0.25, 0.3) is 0 Å². The summed E-state index contributed by atoms with van der Waals surface area (Å²) in [6, 6.07) is 9.06. The lowest BCUT2D eigenvalue weighted by Gasteiger charge is -2.28. The van der Waals surface area contributed by atoms with Crippen molar-refractivity contribution in [2.75, 3.05) is 6.54 Å². The van der Waals surface area contributed by atoms with Crippen LogP contribution in [0.1, 0.15) is 50.7 Å². The summed E-state index contributed by atoms with van der Waals surface area (Å²) in [5, 5.41) is 3.62. The Morgan fingerprint density at radius 1 is 1.24 bits per heavy atom. The van der Waals surface area contributed by atoms with Crippen LogP contribution in [0.5, 0.6) is 0 Å². The lowest BCUT2D eigenvalue weighted by molar-refractivity contribution is 0.504. The van der Waals surface area contributed by atoms with Crippen LogP contribution in [0, 0.1) is 0 Å². The number of hydrogen-bond acceptors (Lipinski definition) is 2. The van der Waals surface area contributed by atoms with Crippen molar-refractivity contribution < 1.29 is 0 Å². The molecule has 0 saturated heterocycles. The van der Waals surface area contributed by atoms with Crippen LogP contribution in [0.4, 0.5) is 0 Å². The Balaban J connectivity index is 2.37. The van der Waals surface area contributed by atoms with E-state index in [2.05, 4.69) is 73.9 Å². The van der Waals surface area contributed by atoms with Gasteiger partial charge in [0, 0.05) is 31.9 Å². The zero-order valence-corrected chi connectivity index (χ0v) is 13.9. The molecule has 0 saturated carbocycles. The van der Waals surface area contributed by atoms with Crippen LogP contribution in [0.3, 0.4) is 0 Å². The summed E-state index contributed by atoms with van der Waals surface area (Å²) >= 11 is 0. The highest BCUT2D eigenvalue weighted by atomic mass is 15.0. The number of benzene rings is 1. The number of rotatable bonds is 5. The van der Waals surface area contributed by atoms with Gasteiger partial charge in [0.1, 0.15) is 5.82 Å². The minimum atomic E-state index is 0.145. The molecule has 1 atom stereocenters. The van der Waals surface area contributed by atoms with Crippen LogP contribution in [0.15, 0.2) is 36.7 Å². The van der Waals surface area contributed by atoms with Gasteiger partial charge in [-0.3, -0.25) is 0 Å². The van der Waals surface area contributed by atoms with Gasteiger partial charge in [-0.05, 0) is 23.1 Å². The van der Waals surface area contributed by atoms with Gasteiger partial charge in [-0.1, -0.05) is 52.0 Å². The third-order valence-electron chi connectivity index (χ3n) is 3.90. The molecule has 0 aliphatic heterocycles. The largest absolute Gasteiger partial charge is 0.338 e. The summed E-state index contributed by atoms with van der Waals surface area (Å²) in [6.45, 7) is 9.93. The molecular weight excluding hydrogens is 258 g/mol. The maximum Gasteiger partial charge on any atom is 0.110 e. The van der Waals surface area contributed by atoms with E-state index in [4.69, 9.17) is 0 Å². The molecule has 1 aromatic carbocycles. The number of likely N-dealkylation sites (N-methyl/N-ethyl adjacent to an activating group) is 1. The summed E-state index contributed by atoms with van der Waals surface area (Å²) in [5.41, 5.74) is 2.94. The van der Waals surface area contributed by atoms with Crippen molar-refractivity contribution in [2.24, 2.45) is 7.05 Å². The van der Waals surface area contributed by atoms with E-state index in [-0.39, 0.29) is 5.41 Å². The van der Waals surface area contributed by atoms with Gasteiger partial charge < -0.3 is 9.88 Å². The molecule has 114 valence electrons. The van der Waals surface area contributed by atoms with E-state index in [0.29, 0.717) is 6.04 Å². The highest BCUT2D eigenvalue weighted by Crippen LogP contribution is 2.30. The molecule has 1 N–H and O–H groups in total. The quantitative estimate of drug-likeness (QED) is 0.909. The summed E-state index contributed by atoms with van der Waals surface area (Å²) in [7, 11) is 2.06. The van der Waals surface area contributed by atoms with E-state index in [1.165, 1.54) is 11.1 Å². The highest BCUT2D eigenvalue weighted by molar-refractivity contribution is 5.35. The van der Waals surface area contributed by atoms with Crippen molar-refractivity contribution in [3.05, 3.63) is 53.6 Å². The summed E-state index contributed by atoms with van der Waals surface area (Å²) < 4.78 is 2.10. The molecule has 0 amide bonds. The smallest absolute Gasteiger partial charge is 0.110 e. The SMILES string of the molecule is CCNC(Cc1nccn1C)c1ccccc1C(C)(C)C. The van der Waals surface area contributed by atoms with E-state index in [1.54, 1.807) is 0 Å². The molecule has 0 spiro atoms. The first-order chi connectivity index (χ1) is 9.93. The Morgan fingerprint density at radius 2 is 1.95 bits per heavy atom. The Kier molecular flexibility index (Phi) is 4.84. The molecule has 0 radical (unpaired) electrons. The average molecular weight is 285 g/mol. The fraction of sp³-hybridized carbons (Fsp3) is 0.500.